The van der Waals surface area contributed by atoms with Crippen LogP contribution in [0.25, 0.3) is 0 Å². The zero-order valence-electron chi connectivity index (χ0n) is 34.3. The fourth-order valence-corrected chi connectivity index (χ4v) is 6.73. The highest BCUT2D eigenvalue weighted by molar-refractivity contribution is 7.45. The van der Waals surface area contributed by atoms with Crippen molar-refractivity contribution in [3.8, 4) is 0 Å². The predicted octanol–water partition coefficient (Wildman–Crippen LogP) is 8.34. The lowest BCUT2D eigenvalue weighted by Crippen LogP contribution is -2.37. The van der Waals surface area contributed by atoms with Gasteiger partial charge in [0.25, 0.3) is 7.82 Å². The number of hydrogen-bond acceptors (Lipinski definition) is 10. The minimum atomic E-state index is -4.68. The number of unbranched alkanes of at least 4 members (excludes halogenated alkanes) is 13. The minimum absolute atomic E-state index is 0.0182. The Kier molecular flexibility index (Phi) is 27.8. The first kappa shape index (κ1) is 49.9. The van der Waals surface area contributed by atoms with Gasteiger partial charge in [-0.15, -0.1) is 0 Å². The van der Waals surface area contributed by atoms with Gasteiger partial charge in [0.1, 0.15) is 19.8 Å². The van der Waals surface area contributed by atoms with E-state index in [-0.39, 0.29) is 43.7 Å². The van der Waals surface area contributed by atoms with Gasteiger partial charge in [0.05, 0.1) is 33.9 Å². The topological polar surface area (TPSA) is 148 Å². The number of esters is 2. The van der Waals surface area contributed by atoms with Crippen molar-refractivity contribution < 1.29 is 52.0 Å². The van der Waals surface area contributed by atoms with Gasteiger partial charge in [-0.05, 0) is 44.1 Å². The normalized spacial score (nSPS) is 18.4. The zero-order chi connectivity index (χ0) is 40.1. The molecule has 11 nitrogen and oxygen atoms in total. The Hall–Kier alpha value is -2.14. The maximum Gasteiger partial charge on any atom is 0.306 e. The molecule has 0 saturated heterocycles. The second-order valence-electron chi connectivity index (χ2n) is 15.7. The number of carbonyl (C=O) groups excluding carboxylic acids is 3. The molecular weight excluding hydrogens is 709 g/mol. The van der Waals surface area contributed by atoms with Gasteiger partial charge in [-0.25, -0.2) is 0 Å². The molecule has 312 valence electrons. The molecule has 0 aromatic rings. The van der Waals surface area contributed by atoms with Gasteiger partial charge in [-0.2, -0.15) is 0 Å². The Morgan fingerprint density at radius 1 is 0.852 bits per heavy atom. The summed E-state index contributed by atoms with van der Waals surface area (Å²) in [5, 5.41) is 10.2. The average molecular weight is 784 g/mol. The van der Waals surface area contributed by atoms with Crippen LogP contribution in [0.1, 0.15) is 142 Å². The van der Waals surface area contributed by atoms with E-state index in [2.05, 4.69) is 13.8 Å². The molecule has 0 aliphatic heterocycles. The molecule has 1 aliphatic carbocycles. The van der Waals surface area contributed by atoms with E-state index in [4.69, 9.17) is 18.5 Å². The number of allylic oxidation sites excluding steroid dienone is 5. The number of quaternary nitrogens is 1. The number of nitrogens with zero attached hydrogens (tertiary/aromatic N) is 1. The molecule has 12 heteroatoms. The number of ketones is 1. The molecule has 54 heavy (non-hydrogen) atoms. The second kappa shape index (κ2) is 30.1. The lowest BCUT2D eigenvalue weighted by molar-refractivity contribution is -0.870. The standard InChI is InChI=1S/C42H74NO10P/c1-6-8-10-11-12-13-14-15-16-17-22-26-41(46)50-34-38(35-52-54(48,49)51-33-32-43(3,4)5)53-42(47)27-23-19-18-21-24-36-28-31-40(45)39(36)30-29-37(44)25-20-9-7-2/h18,21,28-31,36-39,44H,6-17,19-20,22-27,32-35H2,1-5H3/b21-18-,30-29+/t36-,37-,38+,39+/m0/s1. The van der Waals surface area contributed by atoms with Crippen LogP contribution in [0.2, 0.25) is 0 Å². The molecule has 0 spiro atoms. The van der Waals surface area contributed by atoms with Crippen LogP contribution in [0.5, 0.6) is 0 Å². The number of hydrogen-bond donors (Lipinski definition) is 1. The van der Waals surface area contributed by atoms with Gasteiger partial charge in [0.2, 0.25) is 0 Å². The summed E-state index contributed by atoms with van der Waals surface area (Å²) in [5.74, 6) is -1.22. The summed E-state index contributed by atoms with van der Waals surface area (Å²) in [7, 11) is 1.04. The molecule has 0 radical (unpaired) electrons. The van der Waals surface area contributed by atoms with Crippen LogP contribution in [0, 0.1) is 11.8 Å². The van der Waals surface area contributed by atoms with E-state index in [0.717, 1.165) is 38.5 Å². The quantitative estimate of drug-likeness (QED) is 0.0222. The second-order valence-corrected chi connectivity index (χ2v) is 17.1. The van der Waals surface area contributed by atoms with Crippen molar-refractivity contribution in [1.82, 2.24) is 0 Å². The molecule has 0 saturated carbocycles. The SMILES string of the molecule is CCCCCCCCCCCCCC(=O)OC[C@H](COP(=O)([O-])OCC[N+](C)(C)C)OC(=O)CCC/C=C\C[C@H]1C=CC(=O)[C@@H]1/C=C/[C@@H](O)CCCCC. The molecular formula is C42H74NO10P. The fourth-order valence-electron chi connectivity index (χ4n) is 6.00. The first-order chi connectivity index (χ1) is 25.8. The van der Waals surface area contributed by atoms with Crippen molar-refractivity contribution >= 4 is 25.5 Å². The van der Waals surface area contributed by atoms with Crippen LogP contribution in [0.3, 0.4) is 0 Å². The highest BCUT2D eigenvalue weighted by atomic mass is 31.2. The minimum Gasteiger partial charge on any atom is -0.756 e. The molecule has 0 bridgehead atoms. The van der Waals surface area contributed by atoms with Crippen molar-refractivity contribution in [2.45, 2.75) is 154 Å². The van der Waals surface area contributed by atoms with Crippen LogP contribution in [0.4, 0.5) is 0 Å². The Morgan fingerprint density at radius 3 is 2.11 bits per heavy atom. The molecule has 0 amide bonds. The molecule has 5 atom stereocenters. The maximum absolute atomic E-state index is 12.7. The molecule has 1 N–H and O–H groups in total. The summed E-state index contributed by atoms with van der Waals surface area (Å²) in [5.41, 5.74) is 0. The number of phosphoric ester groups is 1. The molecule has 0 aromatic heterocycles. The summed E-state index contributed by atoms with van der Waals surface area (Å²) in [4.78, 5) is 49.9. The fraction of sp³-hybridized carbons (Fsp3) is 0.786. The lowest BCUT2D eigenvalue weighted by atomic mass is 9.90. The van der Waals surface area contributed by atoms with E-state index in [9.17, 15) is 28.9 Å². The molecule has 0 heterocycles. The van der Waals surface area contributed by atoms with Gasteiger partial charge in [0, 0.05) is 18.8 Å². The number of ether oxygens (including phenoxy) is 2. The molecule has 1 unspecified atom stereocenters. The van der Waals surface area contributed by atoms with Crippen molar-refractivity contribution in [2.24, 2.45) is 11.8 Å². The Bertz CT molecular complexity index is 1160. The van der Waals surface area contributed by atoms with E-state index in [1.165, 1.54) is 44.9 Å². The third kappa shape index (κ3) is 27.4. The van der Waals surface area contributed by atoms with Gasteiger partial charge in [-0.3, -0.25) is 18.9 Å². The maximum atomic E-state index is 12.7. The zero-order valence-corrected chi connectivity index (χ0v) is 35.2. The highest BCUT2D eigenvalue weighted by Crippen LogP contribution is 2.38. The Labute approximate surface area is 327 Å². The average Bonchev–Trinajstić information content (AvgIpc) is 3.46. The van der Waals surface area contributed by atoms with Crippen molar-refractivity contribution in [3.05, 3.63) is 36.5 Å². The summed E-state index contributed by atoms with van der Waals surface area (Å²) < 4.78 is 33.8. The van der Waals surface area contributed by atoms with Crippen LogP contribution >= 0.6 is 7.82 Å². The summed E-state index contributed by atoms with van der Waals surface area (Å²) >= 11 is 0. The number of aliphatic hydroxyl groups excluding tert-OH is 1. The van der Waals surface area contributed by atoms with E-state index < -0.39 is 38.6 Å². The van der Waals surface area contributed by atoms with Crippen molar-refractivity contribution in [2.75, 3.05) is 47.5 Å². The van der Waals surface area contributed by atoms with Gasteiger partial charge in [-0.1, -0.05) is 128 Å². The molecule has 1 aliphatic rings. The monoisotopic (exact) mass is 784 g/mol. The first-order valence-corrected chi connectivity index (χ1v) is 22.2. The molecule has 0 fully saturated rings. The summed E-state index contributed by atoms with van der Waals surface area (Å²) in [6.07, 6.45) is 28.0. The lowest BCUT2D eigenvalue weighted by Gasteiger charge is -2.28. The van der Waals surface area contributed by atoms with Gasteiger partial charge >= 0.3 is 11.9 Å². The molecule has 1 rings (SSSR count). The number of rotatable bonds is 34. The first-order valence-electron chi connectivity index (χ1n) is 20.8. The van der Waals surface area contributed by atoms with Crippen LogP contribution < -0.4 is 4.89 Å². The van der Waals surface area contributed by atoms with Gasteiger partial charge in [0.15, 0.2) is 11.9 Å². The van der Waals surface area contributed by atoms with Crippen molar-refractivity contribution in [3.63, 3.8) is 0 Å². The number of carbonyl (C=O) groups is 3. The van der Waals surface area contributed by atoms with Crippen LogP contribution in [-0.2, 0) is 37.5 Å². The Morgan fingerprint density at radius 2 is 1.46 bits per heavy atom. The Balaban J connectivity index is 2.52. The van der Waals surface area contributed by atoms with Gasteiger partial charge < -0.3 is 33.0 Å². The summed E-state index contributed by atoms with van der Waals surface area (Å²) in [6, 6.07) is 0. The predicted molar refractivity (Wildman–Crippen MR) is 212 cm³/mol. The van der Waals surface area contributed by atoms with E-state index in [1.807, 2.05) is 45.4 Å². The van der Waals surface area contributed by atoms with E-state index in [0.29, 0.717) is 43.1 Å². The van der Waals surface area contributed by atoms with Crippen molar-refractivity contribution in [1.29, 1.82) is 0 Å². The van der Waals surface area contributed by atoms with Crippen LogP contribution in [0.15, 0.2) is 36.5 Å². The number of likely N-dealkylation sites (N-methyl/N-ethyl adjacent to an activating group) is 1. The third-order valence-corrected chi connectivity index (χ3v) is 10.4. The molecule has 0 aromatic carbocycles. The largest absolute Gasteiger partial charge is 0.756 e. The smallest absolute Gasteiger partial charge is 0.306 e. The summed E-state index contributed by atoms with van der Waals surface area (Å²) in [6.45, 7) is 3.87. The third-order valence-electron chi connectivity index (χ3n) is 9.41. The highest BCUT2D eigenvalue weighted by Gasteiger charge is 2.27. The van der Waals surface area contributed by atoms with E-state index >= 15 is 0 Å². The van der Waals surface area contributed by atoms with Crippen LogP contribution in [-0.4, -0.2) is 87.0 Å². The number of aliphatic hydroxyl groups is 1. The number of phosphoric acid groups is 1. The van der Waals surface area contributed by atoms with E-state index in [1.54, 1.807) is 12.2 Å².